The topological polar surface area (TPSA) is 72.8 Å². The summed E-state index contributed by atoms with van der Waals surface area (Å²) in [6.07, 6.45) is 14.3. The first-order chi connectivity index (χ1) is 14.4. The predicted octanol–water partition coefficient (Wildman–Crippen LogP) is 4.24. The van der Waals surface area contributed by atoms with Crippen LogP contribution in [0.15, 0.2) is 59.8 Å². The first-order valence-corrected chi connectivity index (χ1v) is 10.9. The van der Waals surface area contributed by atoms with Crippen LogP contribution >= 0.6 is 0 Å². The van der Waals surface area contributed by atoms with E-state index in [2.05, 4.69) is 0 Å². The molecular formula is C26H34O5. The van der Waals surface area contributed by atoms with Gasteiger partial charge in [0, 0.05) is 5.41 Å². The van der Waals surface area contributed by atoms with Gasteiger partial charge < -0.3 is 14.6 Å². The van der Waals surface area contributed by atoms with Crippen LogP contribution in [0.2, 0.25) is 0 Å². The van der Waals surface area contributed by atoms with Crippen molar-refractivity contribution in [3.05, 3.63) is 59.8 Å². The van der Waals surface area contributed by atoms with E-state index in [0.29, 0.717) is 0 Å². The Morgan fingerprint density at radius 2 is 1.68 bits per heavy atom. The van der Waals surface area contributed by atoms with E-state index in [9.17, 15) is 14.7 Å². The van der Waals surface area contributed by atoms with Crippen LogP contribution in [-0.2, 0) is 19.1 Å². The van der Waals surface area contributed by atoms with Gasteiger partial charge in [-0.2, -0.15) is 0 Å². The Hall–Kier alpha value is -2.24. The molecule has 1 N–H and O–H groups in total. The number of Topliss-reactive ketones (excluding diaryl/α,β-unsaturated/α-hetero) is 1. The van der Waals surface area contributed by atoms with Gasteiger partial charge in [-0.3, -0.25) is 9.59 Å². The molecule has 5 heteroatoms. The molecule has 0 spiro atoms. The lowest BCUT2D eigenvalue weighted by Crippen LogP contribution is -2.46. The lowest BCUT2D eigenvalue weighted by Gasteiger charge is -2.38. The van der Waals surface area contributed by atoms with Crippen molar-refractivity contribution in [2.45, 2.75) is 72.4 Å². The number of ether oxygens (including phenoxy) is 2. The second-order valence-corrected chi connectivity index (χ2v) is 9.70. The molecule has 0 unspecified atom stereocenters. The summed E-state index contributed by atoms with van der Waals surface area (Å²) < 4.78 is 11.5. The third kappa shape index (κ3) is 3.68. The maximum atomic E-state index is 12.6. The number of esters is 1. The lowest BCUT2D eigenvalue weighted by molar-refractivity contribution is -0.161. The first kappa shape index (κ1) is 23.4. The van der Waals surface area contributed by atoms with Crippen LogP contribution in [0.3, 0.4) is 0 Å². The summed E-state index contributed by atoms with van der Waals surface area (Å²) in [6.45, 7) is 13.1. The zero-order valence-electron chi connectivity index (χ0n) is 19.5. The SMILES string of the molecule is CC1=C[C@](C)(O)[C@H](/C(C)=C/C=C/C=C/C=C/[C@]2(C)[C@H]3OC(=O)[C@]2(C)C(=O)[C@@H]3C)O[C@H]1C. The number of aliphatic hydroxyl groups is 1. The molecule has 1 aliphatic carbocycles. The highest BCUT2D eigenvalue weighted by molar-refractivity contribution is 6.10. The summed E-state index contributed by atoms with van der Waals surface area (Å²) in [5, 5.41) is 10.7. The van der Waals surface area contributed by atoms with Crippen molar-refractivity contribution in [1.82, 2.24) is 0 Å². The smallest absolute Gasteiger partial charge is 0.320 e. The molecule has 5 nitrogen and oxygen atoms in total. The Balaban J connectivity index is 1.65. The Bertz CT molecular complexity index is 918. The van der Waals surface area contributed by atoms with E-state index < -0.39 is 34.6 Å². The zero-order chi connectivity index (χ0) is 23.2. The minimum absolute atomic E-state index is 0.0258. The van der Waals surface area contributed by atoms with Gasteiger partial charge in [0.05, 0.1) is 12.0 Å². The molecule has 0 radical (unpaired) electrons. The molecular weight excluding hydrogens is 392 g/mol. The number of rotatable bonds is 5. The highest BCUT2D eigenvalue weighted by Gasteiger charge is 2.73. The van der Waals surface area contributed by atoms with Crippen LogP contribution in [0.1, 0.15) is 48.5 Å². The summed E-state index contributed by atoms with van der Waals surface area (Å²) in [7, 11) is 0. The largest absolute Gasteiger partial charge is 0.460 e. The van der Waals surface area contributed by atoms with Gasteiger partial charge in [-0.15, -0.1) is 0 Å². The van der Waals surface area contributed by atoms with Crippen molar-refractivity contribution < 1.29 is 24.2 Å². The fourth-order valence-electron chi connectivity index (χ4n) is 5.12. The van der Waals surface area contributed by atoms with E-state index >= 15 is 0 Å². The molecule has 2 heterocycles. The van der Waals surface area contributed by atoms with E-state index in [1.165, 1.54) is 0 Å². The zero-order valence-corrected chi connectivity index (χ0v) is 19.5. The molecule has 0 aromatic heterocycles. The minimum atomic E-state index is -1.11. The molecule has 3 aliphatic rings. The number of ketones is 1. The molecule has 3 rings (SSSR count). The molecule has 0 aromatic rings. The summed E-state index contributed by atoms with van der Waals surface area (Å²) in [5.74, 6) is -0.738. The Kier molecular flexibility index (Phi) is 6.07. The number of hydrogen-bond donors (Lipinski definition) is 1. The molecule has 0 amide bonds. The fourth-order valence-corrected chi connectivity index (χ4v) is 5.12. The van der Waals surface area contributed by atoms with Crippen LogP contribution in [0.5, 0.6) is 0 Å². The van der Waals surface area contributed by atoms with Crippen molar-refractivity contribution in [2.24, 2.45) is 16.7 Å². The summed E-state index contributed by atoms with van der Waals surface area (Å²) in [5.41, 5.74) is -0.827. The molecule has 168 valence electrons. The van der Waals surface area contributed by atoms with Gasteiger partial charge in [-0.1, -0.05) is 56.4 Å². The molecule has 2 aliphatic heterocycles. The number of fused-ring (bicyclic) bond motifs is 2. The average molecular weight is 427 g/mol. The van der Waals surface area contributed by atoms with Crippen LogP contribution < -0.4 is 0 Å². The second-order valence-electron chi connectivity index (χ2n) is 9.70. The molecule has 2 bridgehead atoms. The van der Waals surface area contributed by atoms with E-state index in [1.54, 1.807) is 13.8 Å². The second kappa shape index (κ2) is 8.03. The Morgan fingerprint density at radius 1 is 1.06 bits per heavy atom. The molecule has 0 aromatic carbocycles. The number of carbonyl (C=O) groups excluding carboxylic acids is 2. The van der Waals surface area contributed by atoms with Gasteiger partial charge in [0.2, 0.25) is 0 Å². The highest BCUT2D eigenvalue weighted by atomic mass is 16.6. The van der Waals surface area contributed by atoms with Crippen LogP contribution in [0, 0.1) is 16.7 Å². The maximum Gasteiger partial charge on any atom is 0.320 e. The van der Waals surface area contributed by atoms with E-state index in [4.69, 9.17) is 9.47 Å². The standard InChI is InChI=1S/C26H34O5/c1-16(21-25(6,29)15-17(2)19(4)30-21)13-11-9-8-10-12-14-24(5)22-18(3)20(27)26(24,7)23(28)31-22/h8-15,18-19,21-22,29H,1-7H3/b10-8+,11-9+,14-12+,16-13+/t18-,19-,21-,22-,24+,25-,26-/m0/s1. The highest BCUT2D eigenvalue weighted by Crippen LogP contribution is 2.60. The lowest BCUT2D eigenvalue weighted by atomic mass is 9.68. The predicted molar refractivity (Wildman–Crippen MR) is 120 cm³/mol. The van der Waals surface area contributed by atoms with Crippen molar-refractivity contribution in [3.63, 3.8) is 0 Å². The van der Waals surface area contributed by atoms with Crippen molar-refractivity contribution >= 4 is 11.8 Å². The number of hydrogen-bond acceptors (Lipinski definition) is 5. The molecule has 31 heavy (non-hydrogen) atoms. The number of allylic oxidation sites excluding steroid dienone is 6. The monoisotopic (exact) mass is 426 g/mol. The molecule has 1 saturated carbocycles. The third-order valence-corrected chi connectivity index (χ3v) is 7.36. The van der Waals surface area contributed by atoms with Crippen molar-refractivity contribution in [1.29, 1.82) is 0 Å². The molecule has 2 fully saturated rings. The van der Waals surface area contributed by atoms with Gasteiger partial charge in [0.25, 0.3) is 0 Å². The molecule has 7 atom stereocenters. The van der Waals surface area contributed by atoms with Gasteiger partial charge in [-0.05, 0) is 51.8 Å². The van der Waals surface area contributed by atoms with Gasteiger partial charge >= 0.3 is 5.97 Å². The Labute approximate surface area is 185 Å². The maximum absolute atomic E-state index is 12.6. The summed E-state index contributed by atoms with van der Waals surface area (Å²) >= 11 is 0. The van der Waals surface area contributed by atoms with E-state index in [-0.39, 0.29) is 17.8 Å². The van der Waals surface area contributed by atoms with Gasteiger partial charge in [-0.25, -0.2) is 0 Å². The average Bonchev–Trinajstić information content (AvgIpc) is 2.97. The fraction of sp³-hybridized carbons (Fsp3) is 0.538. The van der Waals surface area contributed by atoms with Gasteiger partial charge in [0.1, 0.15) is 23.2 Å². The quantitative estimate of drug-likeness (QED) is 0.308. The normalized spacial score (nSPS) is 43.5. The number of carbonyl (C=O) groups is 2. The van der Waals surface area contributed by atoms with E-state index in [1.807, 2.05) is 83.2 Å². The van der Waals surface area contributed by atoms with Crippen LogP contribution in [0.25, 0.3) is 0 Å². The third-order valence-electron chi connectivity index (χ3n) is 7.36. The van der Waals surface area contributed by atoms with Crippen LogP contribution in [0.4, 0.5) is 0 Å². The summed E-state index contributed by atoms with van der Waals surface area (Å²) in [6, 6.07) is 0. The minimum Gasteiger partial charge on any atom is -0.460 e. The van der Waals surface area contributed by atoms with Crippen molar-refractivity contribution in [3.8, 4) is 0 Å². The van der Waals surface area contributed by atoms with Crippen molar-refractivity contribution in [2.75, 3.05) is 0 Å². The molecule has 1 saturated heterocycles. The van der Waals surface area contributed by atoms with Gasteiger partial charge in [0.15, 0.2) is 5.78 Å². The first-order valence-electron chi connectivity index (χ1n) is 10.9. The van der Waals surface area contributed by atoms with Crippen LogP contribution in [-0.4, -0.2) is 40.8 Å². The van der Waals surface area contributed by atoms with E-state index in [0.717, 1.165) is 11.1 Å². The Morgan fingerprint density at radius 3 is 2.32 bits per heavy atom. The summed E-state index contributed by atoms with van der Waals surface area (Å²) in [4.78, 5) is 24.8.